The summed E-state index contributed by atoms with van der Waals surface area (Å²) in [5.74, 6) is 0.0447. The maximum Gasteiger partial charge on any atom is 0.250 e. The molecule has 0 aliphatic carbocycles. The highest BCUT2D eigenvalue weighted by molar-refractivity contribution is 7.90. The molecular weight excluding hydrogens is 444 g/mol. The third-order valence-electron chi connectivity index (χ3n) is 5.87. The van der Waals surface area contributed by atoms with Crippen molar-refractivity contribution in [3.05, 3.63) is 91.9 Å². The van der Waals surface area contributed by atoms with Crippen LogP contribution in [0.1, 0.15) is 47.7 Å². The van der Waals surface area contributed by atoms with Crippen molar-refractivity contribution in [2.75, 3.05) is 5.75 Å². The standard InChI is InChI=1S/C25H25ClN2O3S/c1-5-32(30,31)14-17-7-9-18-21(11-17)22-13-28(4)24(29)12-20(22)16(3)27-25(18)19-8-6-15(2)10-23(19)26/h6-13,16H,5,14H2,1-4H3/t16-/m0/s1. The second-order valence-electron chi connectivity index (χ2n) is 8.29. The first-order valence-electron chi connectivity index (χ1n) is 10.5. The number of rotatable bonds is 4. The summed E-state index contributed by atoms with van der Waals surface area (Å²) in [7, 11) is -1.48. The van der Waals surface area contributed by atoms with Gasteiger partial charge in [0.2, 0.25) is 0 Å². The van der Waals surface area contributed by atoms with E-state index in [-0.39, 0.29) is 23.1 Å². The summed E-state index contributed by atoms with van der Waals surface area (Å²) >= 11 is 6.62. The van der Waals surface area contributed by atoms with Crippen molar-refractivity contribution in [1.29, 1.82) is 0 Å². The van der Waals surface area contributed by atoms with Crippen molar-refractivity contribution in [1.82, 2.24) is 4.57 Å². The summed E-state index contributed by atoms with van der Waals surface area (Å²) in [5.41, 5.74) is 6.55. The molecule has 1 aliphatic rings. The average molecular weight is 469 g/mol. The van der Waals surface area contributed by atoms with Crippen molar-refractivity contribution >= 4 is 27.1 Å². The number of aryl methyl sites for hydroxylation is 2. The van der Waals surface area contributed by atoms with Crippen LogP contribution in [-0.2, 0) is 22.6 Å². The zero-order valence-electron chi connectivity index (χ0n) is 18.5. The van der Waals surface area contributed by atoms with Gasteiger partial charge in [-0.2, -0.15) is 0 Å². The van der Waals surface area contributed by atoms with Crippen LogP contribution in [0.2, 0.25) is 5.02 Å². The zero-order valence-corrected chi connectivity index (χ0v) is 20.1. The molecule has 7 heteroatoms. The van der Waals surface area contributed by atoms with Gasteiger partial charge in [0.1, 0.15) is 0 Å². The van der Waals surface area contributed by atoms with E-state index in [1.54, 1.807) is 26.2 Å². The van der Waals surface area contributed by atoms with Crippen molar-refractivity contribution in [2.24, 2.45) is 12.0 Å². The number of benzene rings is 2. The Balaban J connectivity index is 2.02. The Morgan fingerprint density at radius 3 is 2.44 bits per heavy atom. The zero-order chi connectivity index (χ0) is 23.2. The molecular formula is C25H25ClN2O3S. The van der Waals surface area contributed by atoms with Crippen molar-refractivity contribution in [3.8, 4) is 11.1 Å². The molecule has 166 valence electrons. The third kappa shape index (κ3) is 4.17. The van der Waals surface area contributed by atoms with Gasteiger partial charge in [0.05, 0.1) is 22.5 Å². The fraction of sp³-hybridized carbons (Fsp3) is 0.280. The molecule has 0 saturated heterocycles. The third-order valence-corrected chi connectivity index (χ3v) is 7.83. The summed E-state index contributed by atoms with van der Waals surface area (Å²) < 4.78 is 26.1. The molecule has 0 bridgehead atoms. The van der Waals surface area contributed by atoms with E-state index in [0.29, 0.717) is 10.6 Å². The molecule has 0 spiro atoms. The number of pyridine rings is 1. The van der Waals surface area contributed by atoms with Gasteiger partial charge < -0.3 is 4.57 Å². The smallest absolute Gasteiger partial charge is 0.250 e. The Bertz CT molecular complexity index is 1420. The molecule has 0 radical (unpaired) electrons. The van der Waals surface area contributed by atoms with Gasteiger partial charge in [0, 0.05) is 41.8 Å². The van der Waals surface area contributed by atoms with Gasteiger partial charge in [-0.25, -0.2) is 8.42 Å². The van der Waals surface area contributed by atoms with Gasteiger partial charge in [-0.1, -0.05) is 42.8 Å². The molecule has 0 unspecified atom stereocenters. The van der Waals surface area contributed by atoms with Crippen LogP contribution < -0.4 is 5.56 Å². The first-order chi connectivity index (χ1) is 15.1. The number of aromatic nitrogens is 1. The Kier molecular flexibility index (Phi) is 5.86. The normalized spacial score (nSPS) is 15.5. The highest BCUT2D eigenvalue weighted by Crippen LogP contribution is 2.38. The van der Waals surface area contributed by atoms with Crippen LogP contribution in [0, 0.1) is 6.92 Å². The molecule has 1 aliphatic heterocycles. The van der Waals surface area contributed by atoms with E-state index in [1.165, 1.54) is 4.57 Å². The van der Waals surface area contributed by atoms with Crippen LogP contribution >= 0.6 is 11.6 Å². The molecule has 2 heterocycles. The van der Waals surface area contributed by atoms with Gasteiger partial charge >= 0.3 is 0 Å². The molecule has 4 rings (SSSR count). The highest BCUT2D eigenvalue weighted by atomic mass is 35.5. The summed E-state index contributed by atoms with van der Waals surface area (Å²) in [6.45, 7) is 5.58. The minimum absolute atomic E-state index is 0.0365. The average Bonchev–Trinajstić information content (AvgIpc) is 2.84. The number of hydrogen-bond acceptors (Lipinski definition) is 4. The van der Waals surface area contributed by atoms with E-state index >= 15 is 0 Å². The van der Waals surface area contributed by atoms with Crippen LogP contribution in [0.4, 0.5) is 0 Å². The highest BCUT2D eigenvalue weighted by Gasteiger charge is 2.25. The summed E-state index contributed by atoms with van der Waals surface area (Å²) in [6, 6.07) is 12.8. The largest absolute Gasteiger partial charge is 0.318 e. The van der Waals surface area contributed by atoms with Crippen molar-refractivity contribution in [3.63, 3.8) is 0 Å². The lowest BCUT2D eigenvalue weighted by atomic mass is 9.91. The van der Waals surface area contributed by atoms with Gasteiger partial charge in [0.25, 0.3) is 5.56 Å². The maximum atomic E-state index is 12.4. The number of sulfone groups is 1. The predicted octanol–water partition coefficient (Wildman–Crippen LogP) is 4.86. The number of hydrogen-bond donors (Lipinski definition) is 0. The molecule has 0 saturated carbocycles. The number of aliphatic imine (C=N–C) groups is 1. The second kappa shape index (κ2) is 8.34. The minimum atomic E-state index is -3.19. The molecule has 1 aromatic heterocycles. The van der Waals surface area contributed by atoms with Gasteiger partial charge in [0.15, 0.2) is 9.84 Å². The van der Waals surface area contributed by atoms with E-state index in [2.05, 4.69) is 0 Å². The van der Waals surface area contributed by atoms with Gasteiger partial charge in [-0.3, -0.25) is 9.79 Å². The maximum absolute atomic E-state index is 12.4. The number of fused-ring (bicyclic) bond motifs is 3. The SMILES string of the molecule is CCS(=O)(=O)Cc1ccc2c(c1)-c1cn(C)c(=O)cc1[C@H](C)N=C2c1ccc(C)cc1Cl. The van der Waals surface area contributed by atoms with E-state index in [0.717, 1.165) is 39.1 Å². The molecule has 2 aromatic carbocycles. The van der Waals surface area contributed by atoms with Crippen molar-refractivity contribution < 1.29 is 8.42 Å². The molecule has 0 amide bonds. The first-order valence-corrected chi connectivity index (χ1v) is 12.7. The molecule has 1 atom stereocenters. The van der Waals surface area contributed by atoms with Crippen molar-refractivity contribution in [2.45, 2.75) is 32.6 Å². The summed E-state index contributed by atoms with van der Waals surface area (Å²) in [5, 5.41) is 0.598. The quantitative estimate of drug-likeness (QED) is 0.549. The van der Waals surface area contributed by atoms with Crippen LogP contribution in [0.5, 0.6) is 0 Å². The minimum Gasteiger partial charge on any atom is -0.318 e. The molecule has 32 heavy (non-hydrogen) atoms. The molecule has 3 aromatic rings. The predicted molar refractivity (Wildman–Crippen MR) is 131 cm³/mol. The molecule has 5 nitrogen and oxygen atoms in total. The van der Waals surface area contributed by atoms with Gasteiger partial charge in [-0.05, 0) is 48.2 Å². The summed E-state index contributed by atoms with van der Waals surface area (Å²) in [6.07, 6.45) is 1.81. The Labute approximate surface area is 193 Å². The first kappa shape index (κ1) is 22.5. The molecule has 0 N–H and O–H groups in total. The van der Waals surface area contributed by atoms with Crippen LogP contribution in [0.25, 0.3) is 11.1 Å². The second-order valence-corrected chi connectivity index (χ2v) is 11.0. The van der Waals surface area contributed by atoms with E-state index in [1.807, 2.05) is 50.2 Å². The van der Waals surface area contributed by atoms with Gasteiger partial charge in [-0.15, -0.1) is 0 Å². The topological polar surface area (TPSA) is 68.5 Å². The lowest BCUT2D eigenvalue weighted by molar-refractivity contribution is 0.596. The molecule has 0 fully saturated rings. The van der Waals surface area contributed by atoms with E-state index < -0.39 is 9.84 Å². The summed E-state index contributed by atoms with van der Waals surface area (Å²) in [4.78, 5) is 17.4. The monoisotopic (exact) mass is 468 g/mol. The fourth-order valence-electron chi connectivity index (χ4n) is 4.04. The van der Waals surface area contributed by atoms with Crippen LogP contribution in [0.15, 0.2) is 58.4 Å². The number of nitrogens with zero attached hydrogens (tertiary/aromatic N) is 2. The lowest BCUT2D eigenvalue weighted by Gasteiger charge is -2.15. The van der Waals surface area contributed by atoms with Crippen LogP contribution in [0.3, 0.4) is 0 Å². The van der Waals surface area contributed by atoms with E-state index in [4.69, 9.17) is 16.6 Å². The number of halogens is 1. The lowest BCUT2D eigenvalue weighted by Crippen LogP contribution is -2.17. The van der Waals surface area contributed by atoms with E-state index in [9.17, 15) is 13.2 Å². The Hall–Kier alpha value is -2.70. The Morgan fingerprint density at radius 1 is 1.03 bits per heavy atom. The Morgan fingerprint density at radius 2 is 1.75 bits per heavy atom. The van der Waals surface area contributed by atoms with Crippen LogP contribution in [-0.4, -0.2) is 24.4 Å². The fourth-order valence-corrected chi connectivity index (χ4v) is 5.26.